The predicted molar refractivity (Wildman–Crippen MR) is 114 cm³/mol. The summed E-state index contributed by atoms with van der Waals surface area (Å²) in [5, 5.41) is 14.1. The number of hydrogen-bond acceptors (Lipinski definition) is 5. The lowest BCUT2D eigenvalue weighted by molar-refractivity contribution is -0.0277. The van der Waals surface area contributed by atoms with Gasteiger partial charge in [0.15, 0.2) is 0 Å². The minimum atomic E-state index is -0.671. The van der Waals surface area contributed by atoms with Crippen LogP contribution < -0.4 is 11.2 Å². The quantitative estimate of drug-likeness (QED) is 0.165. The van der Waals surface area contributed by atoms with Crippen molar-refractivity contribution in [3.63, 3.8) is 0 Å². The molecule has 1 N–H and O–H groups in total. The maximum Gasteiger partial charge on any atom is 0.333 e. The molecule has 1 aliphatic heterocycles. The normalized spacial score (nSPS) is 21.3. The maximum atomic E-state index is 12.9. The lowest BCUT2D eigenvalue weighted by atomic mass is 10.1. The average molecular weight is 472 g/mol. The van der Waals surface area contributed by atoms with Gasteiger partial charge >= 0.3 is 5.69 Å². The number of alkyl halides is 1. The first-order valence-electron chi connectivity index (χ1n) is 10.2. The average Bonchev–Trinajstić information content (AvgIpc) is 3.12. The van der Waals surface area contributed by atoms with Crippen molar-refractivity contribution in [2.75, 3.05) is 11.9 Å². The molecule has 1 saturated heterocycles. The number of azide groups is 1. The minimum Gasteiger partial charge on any atom is -0.394 e. The molecule has 3 unspecified atom stereocenters. The molecule has 10 heteroatoms. The number of unbranched alkanes of at least 4 members (excludes halogenated alkanes) is 6. The number of ether oxygens (including phenoxy) is 1. The highest BCUT2D eigenvalue weighted by molar-refractivity contribution is 9.09. The van der Waals surface area contributed by atoms with E-state index in [0.29, 0.717) is 12.1 Å². The Balaban J connectivity index is 2.04. The summed E-state index contributed by atoms with van der Waals surface area (Å²) in [7, 11) is 0. The second kappa shape index (κ2) is 12.2. The Morgan fingerprint density at radius 3 is 2.52 bits per heavy atom. The Labute approximate surface area is 178 Å². The van der Waals surface area contributed by atoms with Crippen molar-refractivity contribution in [1.82, 2.24) is 9.13 Å². The summed E-state index contributed by atoms with van der Waals surface area (Å²) in [6.07, 6.45) is 8.06. The van der Waals surface area contributed by atoms with Gasteiger partial charge < -0.3 is 9.84 Å². The van der Waals surface area contributed by atoms with E-state index in [1.54, 1.807) is 6.92 Å². The van der Waals surface area contributed by atoms with Gasteiger partial charge in [0.2, 0.25) is 0 Å². The van der Waals surface area contributed by atoms with Gasteiger partial charge in [0.25, 0.3) is 5.56 Å². The fraction of sp³-hybridized carbons (Fsp3) is 0.789. The van der Waals surface area contributed by atoms with Gasteiger partial charge in [-0.2, -0.15) is 0 Å². The van der Waals surface area contributed by atoms with E-state index in [1.165, 1.54) is 41.0 Å². The molecular weight excluding hydrogens is 442 g/mol. The molecule has 0 bridgehead atoms. The van der Waals surface area contributed by atoms with Crippen molar-refractivity contribution in [3.8, 4) is 0 Å². The number of nitrogens with zero attached hydrogens (tertiary/aromatic N) is 5. The van der Waals surface area contributed by atoms with Crippen molar-refractivity contribution < 1.29 is 9.84 Å². The fourth-order valence-electron chi connectivity index (χ4n) is 3.65. The van der Waals surface area contributed by atoms with Gasteiger partial charge in [-0.25, -0.2) is 4.79 Å². The molecule has 0 aliphatic carbocycles. The monoisotopic (exact) mass is 471 g/mol. The predicted octanol–water partition coefficient (Wildman–Crippen LogP) is 3.40. The molecule has 162 valence electrons. The first-order valence-corrected chi connectivity index (χ1v) is 11.3. The molecule has 2 heterocycles. The van der Waals surface area contributed by atoms with E-state index >= 15 is 0 Å². The summed E-state index contributed by atoms with van der Waals surface area (Å²) < 4.78 is 8.36. The number of aliphatic hydroxyl groups is 1. The number of rotatable bonds is 12. The topological polar surface area (TPSA) is 122 Å². The molecule has 29 heavy (non-hydrogen) atoms. The van der Waals surface area contributed by atoms with Crippen LogP contribution in [0, 0.1) is 6.92 Å². The summed E-state index contributed by atoms with van der Waals surface area (Å²) in [4.78, 5) is 28.2. The van der Waals surface area contributed by atoms with Crippen LogP contribution in [0.3, 0.4) is 0 Å². The van der Waals surface area contributed by atoms with Crippen molar-refractivity contribution >= 4 is 15.9 Å². The number of aryl methyl sites for hydroxylation is 1. The highest BCUT2D eigenvalue weighted by Crippen LogP contribution is 2.29. The Kier molecular flexibility index (Phi) is 9.93. The van der Waals surface area contributed by atoms with Gasteiger partial charge in [0.1, 0.15) is 6.23 Å². The van der Waals surface area contributed by atoms with Crippen LogP contribution >= 0.6 is 15.9 Å². The van der Waals surface area contributed by atoms with Gasteiger partial charge in [0, 0.05) is 35.0 Å². The van der Waals surface area contributed by atoms with E-state index in [4.69, 9.17) is 10.3 Å². The van der Waals surface area contributed by atoms with Crippen LogP contribution in [0.15, 0.2) is 20.9 Å². The Bertz CT molecular complexity index is 818. The zero-order valence-corrected chi connectivity index (χ0v) is 18.5. The van der Waals surface area contributed by atoms with Gasteiger partial charge in [-0.05, 0) is 25.3 Å². The smallest absolute Gasteiger partial charge is 0.333 e. The van der Waals surface area contributed by atoms with Crippen LogP contribution in [-0.2, 0) is 11.3 Å². The number of hydrogen-bond donors (Lipinski definition) is 1. The Morgan fingerprint density at radius 1 is 1.24 bits per heavy atom. The molecule has 0 radical (unpaired) electrons. The number of aliphatic hydroxyl groups excluding tert-OH is 1. The van der Waals surface area contributed by atoms with Gasteiger partial charge in [-0.15, -0.1) is 0 Å². The zero-order chi connectivity index (χ0) is 21.2. The first kappa shape index (κ1) is 23.7. The summed E-state index contributed by atoms with van der Waals surface area (Å²) in [5.41, 5.74) is 8.42. The maximum absolute atomic E-state index is 12.9. The van der Waals surface area contributed by atoms with Crippen molar-refractivity contribution in [1.29, 1.82) is 0 Å². The third-order valence-electron chi connectivity index (χ3n) is 5.28. The van der Waals surface area contributed by atoms with Crippen LogP contribution in [-0.4, -0.2) is 38.3 Å². The van der Waals surface area contributed by atoms with E-state index in [2.05, 4.69) is 26.0 Å². The third kappa shape index (κ3) is 6.44. The molecule has 0 aromatic carbocycles. The SMILES string of the molecule is Cc1cn(C2CC(N=[N+]=[N-])C(CO)O2)c(=O)n(CCCCCCCCCBr)c1=O. The lowest BCUT2D eigenvalue weighted by Gasteiger charge is -2.17. The minimum absolute atomic E-state index is 0.279. The summed E-state index contributed by atoms with van der Waals surface area (Å²) in [6.45, 7) is 1.74. The van der Waals surface area contributed by atoms with Crippen LogP contribution in [0.25, 0.3) is 10.4 Å². The van der Waals surface area contributed by atoms with Crippen LogP contribution in [0.4, 0.5) is 0 Å². The third-order valence-corrected chi connectivity index (χ3v) is 5.84. The molecule has 3 atom stereocenters. The van der Waals surface area contributed by atoms with Crippen LogP contribution in [0.1, 0.15) is 63.2 Å². The molecular formula is C19H30BrN5O4. The molecule has 1 aliphatic rings. The zero-order valence-electron chi connectivity index (χ0n) is 16.9. The Morgan fingerprint density at radius 2 is 1.90 bits per heavy atom. The van der Waals surface area contributed by atoms with Crippen molar-refractivity contribution in [2.24, 2.45) is 5.11 Å². The molecule has 9 nitrogen and oxygen atoms in total. The largest absolute Gasteiger partial charge is 0.394 e. The molecule has 0 amide bonds. The second-order valence-corrected chi connectivity index (χ2v) is 8.24. The molecule has 1 aromatic heterocycles. The number of halogens is 1. The lowest BCUT2D eigenvalue weighted by Crippen LogP contribution is -2.42. The van der Waals surface area contributed by atoms with E-state index in [1.807, 2.05) is 0 Å². The van der Waals surface area contributed by atoms with E-state index < -0.39 is 24.1 Å². The van der Waals surface area contributed by atoms with Crippen LogP contribution in [0.2, 0.25) is 0 Å². The highest BCUT2D eigenvalue weighted by atomic mass is 79.9. The van der Waals surface area contributed by atoms with E-state index in [9.17, 15) is 14.7 Å². The summed E-state index contributed by atoms with van der Waals surface area (Å²) >= 11 is 3.43. The highest BCUT2D eigenvalue weighted by Gasteiger charge is 2.36. The standard InChI is InChI=1S/C19H30BrN5O4/c1-14-12-25(17-11-15(22-23-21)16(13-26)29-17)19(28)24(18(14)27)10-8-6-4-2-3-5-7-9-20/h12,15-17,26H,2-11,13H2,1H3. The number of aromatic nitrogens is 2. The Hall–Kier alpha value is -1.61. The van der Waals surface area contributed by atoms with Gasteiger partial charge in [0.05, 0.1) is 18.8 Å². The van der Waals surface area contributed by atoms with E-state index in [-0.39, 0.29) is 18.6 Å². The van der Waals surface area contributed by atoms with E-state index in [0.717, 1.165) is 24.6 Å². The second-order valence-electron chi connectivity index (χ2n) is 7.44. The summed E-state index contributed by atoms with van der Waals surface area (Å²) in [6, 6.07) is -0.549. The van der Waals surface area contributed by atoms with Gasteiger partial charge in [-0.3, -0.25) is 13.9 Å². The van der Waals surface area contributed by atoms with Crippen molar-refractivity contribution in [2.45, 2.75) is 83.2 Å². The summed E-state index contributed by atoms with van der Waals surface area (Å²) in [5.74, 6) is 0. The van der Waals surface area contributed by atoms with Crippen molar-refractivity contribution in [3.05, 3.63) is 43.0 Å². The van der Waals surface area contributed by atoms with Crippen LogP contribution in [0.5, 0.6) is 0 Å². The molecule has 0 saturated carbocycles. The molecule has 1 fully saturated rings. The fourth-order valence-corrected chi connectivity index (χ4v) is 4.04. The first-order chi connectivity index (χ1) is 14.0. The molecule has 1 aromatic rings. The van der Waals surface area contributed by atoms with Gasteiger partial charge in [-0.1, -0.05) is 53.1 Å². The molecule has 0 spiro atoms. The molecule has 2 rings (SSSR count).